The van der Waals surface area contributed by atoms with Crippen molar-refractivity contribution in [2.24, 2.45) is 5.73 Å². The molecule has 128 valence electrons. The summed E-state index contributed by atoms with van der Waals surface area (Å²) >= 11 is 0. The largest absolute Gasteiger partial charge is 0.444 e. The molecule has 0 radical (unpaired) electrons. The van der Waals surface area contributed by atoms with E-state index in [0.717, 1.165) is 0 Å². The second-order valence-electron chi connectivity index (χ2n) is 5.07. The first-order valence-electron chi connectivity index (χ1n) is 7.34. The molecule has 0 atom stereocenters. The van der Waals surface area contributed by atoms with Crippen molar-refractivity contribution in [2.45, 2.75) is 13.5 Å². The maximum Gasteiger partial charge on any atom is 0.277 e. The average molecular weight is 341 g/mol. The third-order valence-electron chi connectivity index (χ3n) is 3.33. The summed E-state index contributed by atoms with van der Waals surface area (Å²) in [5, 5.41) is 6.56. The Labute approximate surface area is 141 Å². The van der Waals surface area contributed by atoms with Gasteiger partial charge in [0.2, 0.25) is 5.89 Å². The topological polar surface area (TPSA) is 155 Å². The van der Waals surface area contributed by atoms with E-state index >= 15 is 0 Å². The zero-order chi connectivity index (χ0) is 18.0. The van der Waals surface area contributed by atoms with E-state index in [4.69, 9.17) is 15.9 Å². The summed E-state index contributed by atoms with van der Waals surface area (Å²) < 4.78 is 6.79. The SMILES string of the molecule is CCn1cc(NC(=O)c2coc(-c3ccnc(N)c3)n2)c(C(N)=O)n1. The summed E-state index contributed by atoms with van der Waals surface area (Å²) in [7, 11) is 0. The summed E-state index contributed by atoms with van der Waals surface area (Å²) in [6.45, 7) is 2.36. The molecule has 0 bridgehead atoms. The van der Waals surface area contributed by atoms with Gasteiger partial charge in [-0.1, -0.05) is 0 Å². The summed E-state index contributed by atoms with van der Waals surface area (Å²) in [6, 6.07) is 3.23. The molecule has 3 aromatic rings. The minimum Gasteiger partial charge on any atom is -0.444 e. The first-order chi connectivity index (χ1) is 12.0. The number of nitrogens with zero attached hydrogens (tertiary/aromatic N) is 4. The molecule has 5 N–H and O–H groups in total. The van der Waals surface area contributed by atoms with E-state index in [9.17, 15) is 9.59 Å². The van der Waals surface area contributed by atoms with Gasteiger partial charge in [0.15, 0.2) is 11.4 Å². The molecule has 10 heteroatoms. The molecule has 3 aromatic heterocycles. The molecule has 0 spiro atoms. The van der Waals surface area contributed by atoms with Gasteiger partial charge in [-0.2, -0.15) is 5.10 Å². The van der Waals surface area contributed by atoms with Crippen molar-refractivity contribution in [3.8, 4) is 11.5 Å². The number of carbonyl (C=O) groups excluding carboxylic acids is 2. The average Bonchev–Trinajstić information content (AvgIpc) is 3.21. The second-order valence-corrected chi connectivity index (χ2v) is 5.07. The van der Waals surface area contributed by atoms with Crippen LogP contribution in [0.2, 0.25) is 0 Å². The number of hydrogen-bond donors (Lipinski definition) is 3. The predicted octanol–water partition coefficient (Wildman–Crippen LogP) is 0.886. The van der Waals surface area contributed by atoms with Crippen LogP contribution in [-0.4, -0.2) is 31.6 Å². The minimum absolute atomic E-state index is 0.0270. The quantitative estimate of drug-likeness (QED) is 0.622. The van der Waals surface area contributed by atoms with E-state index in [1.54, 1.807) is 12.1 Å². The van der Waals surface area contributed by atoms with E-state index in [2.05, 4.69) is 20.4 Å². The number of amides is 2. The van der Waals surface area contributed by atoms with E-state index < -0.39 is 11.8 Å². The third kappa shape index (κ3) is 3.32. The molecule has 0 aliphatic heterocycles. The Bertz CT molecular complexity index is 944. The van der Waals surface area contributed by atoms with Crippen LogP contribution in [0, 0.1) is 0 Å². The fourth-order valence-corrected chi connectivity index (χ4v) is 2.14. The van der Waals surface area contributed by atoms with Crippen molar-refractivity contribution >= 4 is 23.3 Å². The smallest absolute Gasteiger partial charge is 0.277 e. The maximum absolute atomic E-state index is 12.3. The highest BCUT2D eigenvalue weighted by molar-refractivity contribution is 6.07. The van der Waals surface area contributed by atoms with Crippen molar-refractivity contribution in [3.63, 3.8) is 0 Å². The molecule has 0 saturated carbocycles. The van der Waals surface area contributed by atoms with E-state index in [0.29, 0.717) is 17.9 Å². The number of aromatic nitrogens is 4. The lowest BCUT2D eigenvalue weighted by Crippen LogP contribution is -2.18. The highest BCUT2D eigenvalue weighted by atomic mass is 16.3. The molecule has 10 nitrogen and oxygen atoms in total. The lowest BCUT2D eigenvalue weighted by atomic mass is 10.2. The van der Waals surface area contributed by atoms with Crippen LogP contribution >= 0.6 is 0 Å². The molecule has 2 amide bonds. The number of primary amides is 1. The summed E-state index contributed by atoms with van der Waals surface area (Å²) in [6.07, 6.45) is 4.23. The lowest BCUT2D eigenvalue weighted by Gasteiger charge is -2.00. The number of aryl methyl sites for hydroxylation is 1. The van der Waals surface area contributed by atoms with Gasteiger partial charge in [0.25, 0.3) is 11.8 Å². The Morgan fingerprint density at radius 3 is 2.88 bits per heavy atom. The van der Waals surface area contributed by atoms with E-state index in [1.165, 1.54) is 23.3 Å². The molecule has 0 unspecified atom stereocenters. The Hall–Kier alpha value is -3.69. The van der Waals surface area contributed by atoms with Gasteiger partial charge >= 0.3 is 0 Å². The van der Waals surface area contributed by atoms with Crippen molar-refractivity contribution < 1.29 is 14.0 Å². The highest BCUT2D eigenvalue weighted by Crippen LogP contribution is 2.20. The number of oxazole rings is 1. The van der Waals surface area contributed by atoms with Crippen LogP contribution in [0.4, 0.5) is 11.5 Å². The molecule has 3 heterocycles. The number of nitrogens with one attached hydrogen (secondary N) is 1. The molecule has 0 aromatic carbocycles. The number of hydrogen-bond acceptors (Lipinski definition) is 7. The summed E-state index contributed by atoms with van der Waals surface area (Å²) in [5.41, 5.74) is 11.7. The first-order valence-corrected chi connectivity index (χ1v) is 7.34. The number of nitrogen functional groups attached to an aromatic ring is 1. The fraction of sp³-hybridized carbons (Fsp3) is 0.133. The maximum atomic E-state index is 12.3. The van der Waals surface area contributed by atoms with Crippen LogP contribution in [0.1, 0.15) is 27.9 Å². The molecule has 0 aliphatic carbocycles. The predicted molar refractivity (Wildman–Crippen MR) is 88.5 cm³/mol. The Morgan fingerprint density at radius 2 is 2.20 bits per heavy atom. The molecule has 0 aliphatic rings. The zero-order valence-corrected chi connectivity index (χ0v) is 13.3. The third-order valence-corrected chi connectivity index (χ3v) is 3.33. The van der Waals surface area contributed by atoms with E-state index in [1.807, 2.05) is 6.92 Å². The molecular formula is C15H15N7O3. The summed E-state index contributed by atoms with van der Waals surface area (Å²) in [4.78, 5) is 31.8. The van der Waals surface area contributed by atoms with Crippen molar-refractivity contribution in [1.82, 2.24) is 19.7 Å². The number of pyridine rings is 1. The van der Waals surface area contributed by atoms with Crippen LogP contribution in [0.5, 0.6) is 0 Å². The molecule has 0 fully saturated rings. The van der Waals surface area contributed by atoms with Gasteiger partial charge in [-0.3, -0.25) is 14.3 Å². The van der Waals surface area contributed by atoms with Gasteiger partial charge in [-0.15, -0.1) is 0 Å². The molecule has 25 heavy (non-hydrogen) atoms. The van der Waals surface area contributed by atoms with Gasteiger partial charge in [-0.05, 0) is 19.1 Å². The monoisotopic (exact) mass is 341 g/mol. The Balaban J connectivity index is 1.83. The summed E-state index contributed by atoms with van der Waals surface area (Å²) in [5.74, 6) is -0.774. The number of carbonyl (C=O) groups is 2. The van der Waals surface area contributed by atoms with Crippen LogP contribution in [0.15, 0.2) is 35.2 Å². The highest BCUT2D eigenvalue weighted by Gasteiger charge is 2.19. The molecule has 0 saturated heterocycles. The first kappa shape index (κ1) is 16.2. The Morgan fingerprint density at radius 1 is 1.40 bits per heavy atom. The van der Waals surface area contributed by atoms with Gasteiger partial charge in [-0.25, -0.2) is 9.97 Å². The Kier molecular flexibility index (Phi) is 4.16. The van der Waals surface area contributed by atoms with Crippen molar-refractivity contribution in [1.29, 1.82) is 0 Å². The van der Waals surface area contributed by atoms with Crippen LogP contribution in [0.25, 0.3) is 11.5 Å². The fourth-order valence-electron chi connectivity index (χ4n) is 2.14. The van der Waals surface area contributed by atoms with Crippen molar-refractivity contribution in [3.05, 3.63) is 42.2 Å². The molecular weight excluding hydrogens is 326 g/mol. The second kappa shape index (κ2) is 6.43. The lowest BCUT2D eigenvalue weighted by molar-refractivity contribution is 0.0995. The van der Waals surface area contributed by atoms with Crippen LogP contribution < -0.4 is 16.8 Å². The normalized spacial score (nSPS) is 10.6. The number of nitrogens with two attached hydrogens (primary N) is 2. The van der Waals surface area contributed by atoms with Crippen molar-refractivity contribution in [2.75, 3.05) is 11.1 Å². The van der Waals surface area contributed by atoms with Gasteiger partial charge in [0, 0.05) is 24.5 Å². The number of rotatable bonds is 5. The van der Waals surface area contributed by atoms with Crippen LogP contribution in [-0.2, 0) is 6.54 Å². The minimum atomic E-state index is -0.740. The number of anilines is 2. The van der Waals surface area contributed by atoms with Gasteiger partial charge in [0.05, 0.1) is 5.69 Å². The van der Waals surface area contributed by atoms with Crippen LogP contribution in [0.3, 0.4) is 0 Å². The standard InChI is InChI=1S/C15H15N7O3/c1-2-22-6-9(12(21-22)13(17)23)19-14(24)10-7-25-15(20-10)8-3-4-18-11(16)5-8/h3-7H,2H2,1H3,(H2,16,18)(H2,17,23)(H,19,24). The van der Waals surface area contributed by atoms with E-state index in [-0.39, 0.29) is 23.0 Å². The molecule has 3 rings (SSSR count). The van der Waals surface area contributed by atoms with Gasteiger partial charge in [0.1, 0.15) is 12.1 Å². The van der Waals surface area contributed by atoms with Gasteiger partial charge < -0.3 is 21.2 Å². The zero-order valence-electron chi connectivity index (χ0n) is 13.3.